The number of hydrogen-bond acceptors (Lipinski definition) is 4. The summed E-state index contributed by atoms with van der Waals surface area (Å²) in [5.74, 6) is -0.661. The zero-order chi connectivity index (χ0) is 20.3. The van der Waals surface area contributed by atoms with Crippen LogP contribution in [0.25, 0.3) is 0 Å². The second-order valence-corrected chi connectivity index (χ2v) is 8.98. The van der Waals surface area contributed by atoms with Crippen LogP contribution in [0.3, 0.4) is 0 Å². The number of carbonyl (C=O) groups is 2. The van der Waals surface area contributed by atoms with Crippen LogP contribution in [0.5, 0.6) is 0 Å². The first-order chi connectivity index (χ1) is 13.4. The fraction of sp³-hybridized carbons (Fsp3) is 0.150. The molecule has 0 aliphatic carbocycles. The summed E-state index contributed by atoms with van der Waals surface area (Å²) in [5, 5.41) is 12.0. The molecule has 0 unspecified atom stereocenters. The van der Waals surface area contributed by atoms with Gasteiger partial charge in [-0.25, -0.2) is 0 Å². The second kappa shape index (κ2) is 8.95. The minimum atomic E-state index is -0.510. The van der Waals surface area contributed by atoms with Gasteiger partial charge in [0, 0.05) is 21.7 Å². The van der Waals surface area contributed by atoms with Crippen LogP contribution in [0.4, 0.5) is 5.69 Å². The molecule has 0 radical (unpaired) electrons. The largest absolute Gasteiger partial charge is 0.354 e. The SMILES string of the molecule is CNC(=O)/C(C#N)=C1\S[C@H](Cc2ccc(Br)cc2)C(=O)N1c1ccc(Br)cc1. The highest BCUT2D eigenvalue weighted by Crippen LogP contribution is 2.42. The van der Waals surface area contributed by atoms with Gasteiger partial charge in [-0.05, 0) is 48.4 Å². The minimum absolute atomic E-state index is 0.0675. The molecule has 0 saturated carbocycles. The van der Waals surface area contributed by atoms with Crippen LogP contribution in [0, 0.1) is 11.3 Å². The van der Waals surface area contributed by atoms with E-state index >= 15 is 0 Å². The van der Waals surface area contributed by atoms with E-state index in [4.69, 9.17) is 0 Å². The van der Waals surface area contributed by atoms with Crippen LogP contribution < -0.4 is 10.2 Å². The molecule has 0 spiro atoms. The fourth-order valence-corrected chi connectivity index (χ4v) is 4.61. The highest BCUT2D eigenvalue weighted by Gasteiger charge is 2.40. The van der Waals surface area contributed by atoms with Gasteiger partial charge in [-0.1, -0.05) is 55.8 Å². The molecule has 8 heteroatoms. The Morgan fingerprint density at radius 1 is 1.14 bits per heavy atom. The van der Waals surface area contributed by atoms with E-state index in [1.807, 2.05) is 42.5 Å². The average molecular weight is 521 g/mol. The molecule has 2 amide bonds. The average Bonchev–Trinajstić information content (AvgIpc) is 3.00. The normalized spacial score (nSPS) is 18.0. The molecule has 0 aromatic heterocycles. The van der Waals surface area contributed by atoms with E-state index in [-0.39, 0.29) is 11.5 Å². The smallest absolute Gasteiger partial charge is 0.264 e. The van der Waals surface area contributed by atoms with Crippen molar-refractivity contribution in [3.8, 4) is 6.07 Å². The molecule has 5 nitrogen and oxygen atoms in total. The standard InChI is InChI=1S/C20H15Br2N3O2S/c1-24-18(26)16(11-23)20-25(15-8-6-14(22)7-9-15)19(27)17(28-20)10-12-2-4-13(21)5-3-12/h2-9,17H,10H2,1H3,(H,24,26)/b20-16-/t17-/m1/s1. The maximum atomic E-state index is 13.2. The predicted octanol–water partition coefficient (Wildman–Crippen LogP) is 4.38. The van der Waals surface area contributed by atoms with Gasteiger partial charge in [0.05, 0.1) is 5.25 Å². The molecule has 1 heterocycles. The van der Waals surface area contributed by atoms with E-state index < -0.39 is 11.2 Å². The molecule has 2 aromatic rings. The lowest BCUT2D eigenvalue weighted by molar-refractivity contribution is -0.117. The van der Waals surface area contributed by atoms with Crippen molar-refractivity contribution in [1.29, 1.82) is 5.26 Å². The molecule has 2 aromatic carbocycles. The van der Waals surface area contributed by atoms with Gasteiger partial charge in [0.25, 0.3) is 5.91 Å². The number of rotatable bonds is 4. The van der Waals surface area contributed by atoms with Crippen LogP contribution in [-0.4, -0.2) is 24.1 Å². The summed E-state index contributed by atoms with van der Waals surface area (Å²) in [6.07, 6.45) is 0.500. The second-order valence-electron chi connectivity index (χ2n) is 5.96. The van der Waals surface area contributed by atoms with Gasteiger partial charge in [0.15, 0.2) is 0 Å². The van der Waals surface area contributed by atoms with E-state index in [9.17, 15) is 14.9 Å². The van der Waals surface area contributed by atoms with Crippen molar-refractivity contribution in [2.45, 2.75) is 11.7 Å². The van der Waals surface area contributed by atoms with Crippen LogP contribution >= 0.6 is 43.6 Å². The first-order valence-corrected chi connectivity index (χ1v) is 10.8. The number of hydrogen-bond donors (Lipinski definition) is 1. The molecular weight excluding hydrogens is 506 g/mol. The molecule has 1 saturated heterocycles. The number of amides is 2. The van der Waals surface area contributed by atoms with Gasteiger partial charge >= 0.3 is 0 Å². The van der Waals surface area contributed by atoms with Gasteiger partial charge in [-0.3, -0.25) is 14.5 Å². The monoisotopic (exact) mass is 519 g/mol. The Bertz CT molecular complexity index is 982. The Labute approximate surface area is 184 Å². The Kier molecular flexibility index (Phi) is 6.60. The Morgan fingerprint density at radius 2 is 1.71 bits per heavy atom. The number of carbonyl (C=O) groups excluding carboxylic acids is 2. The summed E-state index contributed by atoms with van der Waals surface area (Å²) in [6.45, 7) is 0. The van der Waals surface area contributed by atoms with Crippen molar-refractivity contribution in [3.63, 3.8) is 0 Å². The van der Waals surface area contributed by atoms with E-state index in [0.717, 1.165) is 14.5 Å². The highest BCUT2D eigenvalue weighted by atomic mass is 79.9. The number of benzene rings is 2. The summed E-state index contributed by atoms with van der Waals surface area (Å²) >= 11 is 8.04. The summed E-state index contributed by atoms with van der Waals surface area (Å²) < 4.78 is 1.84. The first-order valence-electron chi connectivity index (χ1n) is 8.31. The number of thioether (sulfide) groups is 1. The third-order valence-electron chi connectivity index (χ3n) is 4.15. The first kappa shape index (κ1) is 20.6. The van der Waals surface area contributed by atoms with E-state index in [2.05, 4.69) is 37.2 Å². The van der Waals surface area contributed by atoms with Gasteiger partial charge < -0.3 is 5.32 Å². The maximum Gasteiger partial charge on any atom is 0.264 e. The third-order valence-corrected chi connectivity index (χ3v) is 6.47. The molecule has 28 heavy (non-hydrogen) atoms. The van der Waals surface area contributed by atoms with Crippen LogP contribution in [0.2, 0.25) is 0 Å². The van der Waals surface area contributed by atoms with Gasteiger partial charge in [-0.2, -0.15) is 5.26 Å². The van der Waals surface area contributed by atoms with E-state index in [1.54, 1.807) is 12.1 Å². The summed E-state index contributed by atoms with van der Waals surface area (Å²) in [7, 11) is 1.46. The third kappa shape index (κ3) is 4.32. The highest BCUT2D eigenvalue weighted by molar-refractivity contribution is 9.10. The lowest BCUT2D eigenvalue weighted by Gasteiger charge is -2.18. The van der Waals surface area contributed by atoms with Crippen molar-refractivity contribution < 1.29 is 9.59 Å². The molecule has 1 atom stereocenters. The van der Waals surface area contributed by atoms with Gasteiger partial charge in [-0.15, -0.1) is 0 Å². The van der Waals surface area contributed by atoms with E-state index in [1.165, 1.54) is 23.7 Å². The van der Waals surface area contributed by atoms with Gasteiger partial charge in [0.2, 0.25) is 5.91 Å². The summed E-state index contributed by atoms with van der Waals surface area (Å²) in [6, 6.07) is 16.9. The number of nitriles is 1. The van der Waals surface area contributed by atoms with Crippen LogP contribution in [0.15, 0.2) is 68.1 Å². The number of likely N-dealkylation sites (N-methyl/N-ethyl adjacent to an activating group) is 1. The van der Waals surface area contributed by atoms with Crippen molar-refractivity contribution in [3.05, 3.63) is 73.6 Å². The van der Waals surface area contributed by atoms with Crippen molar-refractivity contribution in [1.82, 2.24) is 5.32 Å². The topological polar surface area (TPSA) is 73.2 Å². The zero-order valence-electron chi connectivity index (χ0n) is 14.8. The minimum Gasteiger partial charge on any atom is -0.354 e. The molecule has 142 valence electrons. The van der Waals surface area contributed by atoms with E-state index in [0.29, 0.717) is 17.1 Å². The van der Waals surface area contributed by atoms with Crippen molar-refractivity contribution in [2.75, 3.05) is 11.9 Å². The lowest BCUT2D eigenvalue weighted by Crippen LogP contribution is -2.31. The molecule has 1 aliphatic rings. The number of anilines is 1. The molecule has 0 bridgehead atoms. The Hall–Kier alpha value is -2.08. The Morgan fingerprint density at radius 3 is 2.25 bits per heavy atom. The van der Waals surface area contributed by atoms with Crippen molar-refractivity contribution in [2.24, 2.45) is 0 Å². The summed E-state index contributed by atoms with van der Waals surface area (Å²) in [4.78, 5) is 26.9. The molecule has 1 aliphatic heterocycles. The molecule has 1 N–H and O–H groups in total. The van der Waals surface area contributed by atoms with Crippen LogP contribution in [0.1, 0.15) is 5.56 Å². The number of halogens is 2. The van der Waals surface area contributed by atoms with Gasteiger partial charge in [0.1, 0.15) is 16.7 Å². The number of nitrogens with one attached hydrogen (secondary N) is 1. The molecule has 1 fully saturated rings. The predicted molar refractivity (Wildman–Crippen MR) is 118 cm³/mol. The number of nitrogens with zero attached hydrogens (tertiary/aromatic N) is 2. The van der Waals surface area contributed by atoms with Crippen LogP contribution in [-0.2, 0) is 16.0 Å². The molecular formula is C20H15Br2N3O2S. The van der Waals surface area contributed by atoms with Crippen molar-refractivity contribution >= 4 is 61.1 Å². The zero-order valence-corrected chi connectivity index (χ0v) is 18.8. The molecule has 3 rings (SSSR count). The fourth-order valence-electron chi connectivity index (χ4n) is 2.77. The Balaban J connectivity index is 2.03. The lowest BCUT2D eigenvalue weighted by atomic mass is 10.1. The maximum absolute atomic E-state index is 13.2. The summed E-state index contributed by atoms with van der Waals surface area (Å²) in [5.41, 5.74) is 1.55. The quantitative estimate of drug-likeness (QED) is 0.479.